The molecule has 12 heteroatoms. The van der Waals surface area contributed by atoms with Crippen LogP contribution in [0.25, 0.3) is 0 Å². The summed E-state index contributed by atoms with van der Waals surface area (Å²) < 4.78 is 70.7. The van der Waals surface area contributed by atoms with Crippen LogP contribution in [0.4, 0.5) is 18.9 Å². The van der Waals surface area contributed by atoms with Gasteiger partial charge in [0.15, 0.2) is 0 Å². The van der Waals surface area contributed by atoms with Crippen LogP contribution in [0.1, 0.15) is 37.5 Å². The highest BCUT2D eigenvalue weighted by Gasteiger charge is 2.37. The smallest absolute Gasteiger partial charge is 0.350 e. The van der Waals surface area contributed by atoms with E-state index < -0.39 is 51.7 Å². The number of benzene rings is 4. The quantitative estimate of drug-likeness (QED) is 0.177. The van der Waals surface area contributed by atoms with Gasteiger partial charge in [0, 0.05) is 23.0 Å². The lowest BCUT2D eigenvalue weighted by molar-refractivity contribution is -0.140. The molecule has 4 aromatic carbocycles. The summed E-state index contributed by atoms with van der Waals surface area (Å²) in [5, 5.41) is 2.94. The number of nitrogens with one attached hydrogen (secondary N) is 1. The minimum Gasteiger partial charge on any atom is -0.350 e. The Bertz CT molecular complexity index is 1800. The zero-order chi connectivity index (χ0) is 34.4. The van der Waals surface area contributed by atoms with Crippen molar-refractivity contribution in [2.45, 2.75) is 56.4 Å². The average molecular weight is 731 g/mol. The number of sulfonamides is 1. The SMILES string of the molecule is CC(C)(C)NC(=O)[C@H](Cc1ccccc1)N(Cc1cccc(Br)c1)C(=O)CN(c1cccc(C(F)(F)F)c1)S(=O)(=O)c1ccccc1. The molecule has 0 fully saturated rings. The van der Waals surface area contributed by atoms with E-state index in [1.165, 1.54) is 35.2 Å². The lowest BCUT2D eigenvalue weighted by Crippen LogP contribution is -2.56. The van der Waals surface area contributed by atoms with Crippen molar-refractivity contribution in [3.63, 3.8) is 0 Å². The van der Waals surface area contributed by atoms with Gasteiger partial charge in [0.25, 0.3) is 10.0 Å². The van der Waals surface area contributed by atoms with Crippen LogP contribution in [0.5, 0.6) is 0 Å². The molecular formula is C35H35BrF3N3O4S. The average Bonchev–Trinajstić information content (AvgIpc) is 3.01. The summed E-state index contributed by atoms with van der Waals surface area (Å²) in [6, 6.07) is 26.0. The first-order chi connectivity index (χ1) is 22.0. The number of carbonyl (C=O) groups is 2. The number of anilines is 1. The zero-order valence-electron chi connectivity index (χ0n) is 26.0. The maximum absolute atomic E-state index is 14.5. The molecule has 0 aliphatic rings. The van der Waals surface area contributed by atoms with Gasteiger partial charge in [0.2, 0.25) is 11.8 Å². The van der Waals surface area contributed by atoms with Gasteiger partial charge in [-0.15, -0.1) is 0 Å². The Labute approximate surface area is 281 Å². The van der Waals surface area contributed by atoms with Gasteiger partial charge in [0.05, 0.1) is 16.1 Å². The summed E-state index contributed by atoms with van der Waals surface area (Å²) in [6.45, 7) is 4.43. The van der Waals surface area contributed by atoms with E-state index in [0.717, 1.165) is 22.2 Å². The van der Waals surface area contributed by atoms with Crippen LogP contribution < -0.4 is 9.62 Å². The normalized spacial score (nSPS) is 12.7. The highest BCUT2D eigenvalue weighted by molar-refractivity contribution is 9.10. The molecule has 0 heterocycles. The second kappa shape index (κ2) is 14.7. The Balaban J connectivity index is 1.85. The minimum absolute atomic E-state index is 0.0881. The predicted octanol–water partition coefficient (Wildman–Crippen LogP) is 7.22. The van der Waals surface area contributed by atoms with E-state index >= 15 is 0 Å². The molecule has 0 saturated heterocycles. The fourth-order valence-electron chi connectivity index (χ4n) is 4.92. The van der Waals surface area contributed by atoms with Crippen LogP contribution in [0.15, 0.2) is 119 Å². The van der Waals surface area contributed by atoms with Gasteiger partial charge in [0.1, 0.15) is 12.6 Å². The first kappa shape index (κ1) is 35.7. The maximum atomic E-state index is 14.5. The number of amides is 2. The number of carbonyl (C=O) groups excluding carboxylic acids is 2. The monoisotopic (exact) mass is 729 g/mol. The number of hydrogen-bond donors (Lipinski definition) is 1. The molecule has 0 unspecified atom stereocenters. The van der Waals surface area contributed by atoms with Crippen molar-refractivity contribution in [2.75, 3.05) is 10.8 Å². The molecule has 248 valence electrons. The van der Waals surface area contributed by atoms with Crippen molar-refractivity contribution in [3.8, 4) is 0 Å². The van der Waals surface area contributed by atoms with Crippen LogP contribution in [0, 0.1) is 0 Å². The van der Waals surface area contributed by atoms with E-state index in [9.17, 15) is 31.2 Å². The van der Waals surface area contributed by atoms with Crippen molar-refractivity contribution in [1.82, 2.24) is 10.2 Å². The predicted molar refractivity (Wildman–Crippen MR) is 179 cm³/mol. The summed E-state index contributed by atoms with van der Waals surface area (Å²) in [6.07, 6.45) is -4.67. The Morgan fingerprint density at radius 3 is 2.00 bits per heavy atom. The fraction of sp³-hybridized carbons (Fsp3) is 0.257. The molecule has 0 bridgehead atoms. The maximum Gasteiger partial charge on any atom is 0.416 e. The third kappa shape index (κ3) is 9.68. The highest BCUT2D eigenvalue weighted by Crippen LogP contribution is 2.33. The van der Waals surface area contributed by atoms with Crippen LogP contribution in [-0.4, -0.2) is 43.3 Å². The summed E-state index contributed by atoms with van der Waals surface area (Å²) in [4.78, 5) is 29.5. The molecule has 4 aromatic rings. The zero-order valence-corrected chi connectivity index (χ0v) is 28.4. The Hall–Kier alpha value is -4.16. The lowest BCUT2D eigenvalue weighted by atomic mass is 10.0. The standard InChI is InChI=1S/C35H35BrF3N3O4S/c1-34(2,3)40-33(44)31(21-25-12-6-4-7-13-25)41(23-26-14-10-16-28(36)20-26)32(43)24-42(47(45,46)30-18-8-5-9-19-30)29-17-11-15-27(22-29)35(37,38)39/h4-20,22,31H,21,23-24H2,1-3H3,(H,40,44)/t31-/m0/s1. The van der Waals surface area contributed by atoms with Crippen molar-refractivity contribution < 1.29 is 31.2 Å². The topological polar surface area (TPSA) is 86.8 Å². The van der Waals surface area contributed by atoms with Gasteiger partial charge in [-0.1, -0.05) is 82.7 Å². The molecule has 1 atom stereocenters. The van der Waals surface area contributed by atoms with Crippen LogP contribution >= 0.6 is 15.9 Å². The van der Waals surface area contributed by atoms with Crippen molar-refractivity contribution in [1.29, 1.82) is 0 Å². The second-order valence-electron chi connectivity index (χ2n) is 12.0. The number of nitrogens with zero attached hydrogens (tertiary/aromatic N) is 2. The summed E-state index contributed by atoms with van der Waals surface area (Å²) in [7, 11) is -4.55. The number of halogens is 4. The number of rotatable bonds is 11. The van der Waals surface area contributed by atoms with E-state index in [1.54, 1.807) is 63.2 Å². The molecule has 4 rings (SSSR count). The highest BCUT2D eigenvalue weighted by atomic mass is 79.9. The van der Waals surface area contributed by atoms with Crippen molar-refractivity contribution in [3.05, 3.63) is 130 Å². The molecule has 1 N–H and O–H groups in total. The molecule has 0 aliphatic heterocycles. The molecule has 7 nitrogen and oxygen atoms in total. The Kier molecular flexibility index (Phi) is 11.2. The van der Waals surface area contributed by atoms with E-state index in [-0.39, 0.29) is 23.5 Å². The summed E-state index contributed by atoms with van der Waals surface area (Å²) >= 11 is 3.43. The minimum atomic E-state index is -4.76. The van der Waals surface area contributed by atoms with Crippen molar-refractivity contribution >= 4 is 43.5 Å². The van der Waals surface area contributed by atoms with E-state index in [4.69, 9.17) is 0 Å². The largest absolute Gasteiger partial charge is 0.416 e. The van der Waals surface area contributed by atoms with Gasteiger partial charge in [-0.25, -0.2) is 8.42 Å². The number of alkyl halides is 3. The molecule has 47 heavy (non-hydrogen) atoms. The molecule has 0 spiro atoms. The Morgan fingerprint density at radius 1 is 0.809 bits per heavy atom. The summed E-state index contributed by atoms with van der Waals surface area (Å²) in [5.41, 5.74) is -0.699. The van der Waals surface area contributed by atoms with Gasteiger partial charge >= 0.3 is 6.18 Å². The lowest BCUT2D eigenvalue weighted by Gasteiger charge is -2.35. The first-order valence-electron chi connectivity index (χ1n) is 14.7. The summed E-state index contributed by atoms with van der Waals surface area (Å²) in [5.74, 6) is -1.26. The molecular weight excluding hydrogens is 695 g/mol. The molecule has 0 saturated carbocycles. The van der Waals surface area contributed by atoms with Gasteiger partial charge in [-0.2, -0.15) is 13.2 Å². The van der Waals surface area contributed by atoms with Crippen LogP contribution in [0.3, 0.4) is 0 Å². The second-order valence-corrected chi connectivity index (χ2v) is 14.7. The van der Waals surface area contributed by atoms with Gasteiger partial charge in [-0.3, -0.25) is 13.9 Å². The molecule has 0 radical (unpaired) electrons. The molecule has 0 aromatic heterocycles. The van der Waals surface area contributed by atoms with E-state index in [2.05, 4.69) is 21.2 Å². The van der Waals surface area contributed by atoms with Crippen molar-refractivity contribution in [2.24, 2.45) is 0 Å². The molecule has 0 aliphatic carbocycles. The van der Waals surface area contributed by atoms with Gasteiger partial charge in [-0.05, 0) is 74.4 Å². The van der Waals surface area contributed by atoms with Crippen LogP contribution in [-0.2, 0) is 38.8 Å². The third-order valence-corrected chi connectivity index (χ3v) is 9.36. The van der Waals surface area contributed by atoms with E-state index in [1.807, 2.05) is 18.2 Å². The van der Waals surface area contributed by atoms with Gasteiger partial charge < -0.3 is 10.2 Å². The van der Waals surface area contributed by atoms with Crippen LogP contribution in [0.2, 0.25) is 0 Å². The Morgan fingerprint density at radius 2 is 1.40 bits per heavy atom. The molecule has 2 amide bonds. The van der Waals surface area contributed by atoms with E-state index in [0.29, 0.717) is 15.9 Å². The third-order valence-electron chi connectivity index (χ3n) is 7.08. The first-order valence-corrected chi connectivity index (χ1v) is 16.9. The number of hydrogen-bond acceptors (Lipinski definition) is 4. The fourth-order valence-corrected chi connectivity index (χ4v) is 6.80.